The van der Waals surface area contributed by atoms with E-state index in [1.807, 2.05) is 4.90 Å². The van der Waals surface area contributed by atoms with E-state index in [0.717, 1.165) is 36.2 Å². The van der Waals surface area contributed by atoms with Crippen LogP contribution in [0, 0.1) is 5.92 Å². The molecule has 0 aliphatic carbocycles. The molecular formula is C25H27ClF3N5O3S. The van der Waals surface area contributed by atoms with Crippen molar-refractivity contribution < 1.29 is 26.4 Å². The number of hydrogen-bond acceptors (Lipinski definition) is 6. The van der Waals surface area contributed by atoms with Crippen molar-refractivity contribution in [3.05, 3.63) is 52.9 Å². The number of carbonyl (C=O) groups excluding carboxylic acids is 1. The number of hydrogen-bond donors (Lipinski definition) is 0. The van der Waals surface area contributed by atoms with E-state index in [-0.39, 0.29) is 42.2 Å². The average molecular weight is 570 g/mol. The predicted molar refractivity (Wildman–Crippen MR) is 137 cm³/mol. The van der Waals surface area contributed by atoms with E-state index < -0.39 is 28.0 Å². The van der Waals surface area contributed by atoms with Crippen LogP contribution in [-0.4, -0.2) is 65.1 Å². The van der Waals surface area contributed by atoms with Gasteiger partial charge in [0.2, 0.25) is 5.91 Å². The molecule has 2 aliphatic rings. The van der Waals surface area contributed by atoms with Gasteiger partial charge in [-0.3, -0.25) is 4.79 Å². The third-order valence-corrected chi connectivity index (χ3v) is 9.27. The van der Waals surface area contributed by atoms with E-state index in [0.29, 0.717) is 23.0 Å². The molecule has 0 saturated carbocycles. The molecule has 1 fully saturated rings. The number of fused-ring (bicyclic) bond motifs is 3. The number of anilines is 2. The van der Waals surface area contributed by atoms with Gasteiger partial charge in [0.1, 0.15) is 9.84 Å². The van der Waals surface area contributed by atoms with Gasteiger partial charge < -0.3 is 9.80 Å². The highest BCUT2D eigenvalue weighted by Gasteiger charge is 2.45. The molecule has 13 heteroatoms. The van der Waals surface area contributed by atoms with Gasteiger partial charge in [-0.1, -0.05) is 23.7 Å². The number of carbonyl (C=O) groups is 1. The molecule has 4 heterocycles. The number of rotatable bonds is 5. The monoisotopic (exact) mass is 569 g/mol. The Morgan fingerprint density at radius 3 is 2.55 bits per heavy atom. The zero-order valence-corrected chi connectivity index (χ0v) is 22.2. The van der Waals surface area contributed by atoms with Crippen LogP contribution >= 0.6 is 11.6 Å². The fourth-order valence-electron chi connectivity index (χ4n) is 5.34. The molecular weight excluding hydrogens is 543 g/mol. The first-order valence-corrected chi connectivity index (χ1v) is 14.6. The van der Waals surface area contributed by atoms with E-state index in [1.165, 1.54) is 12.1 Å². The first kappa shape index (κ1) is 26.7. The average Bonchev–Trinajstić information content (AvgIpc) is 3.25. The van der Waals surface area contributed by atoms with Crippen LogP contribution in [0.5, 0.6) is 0 Å². The van der Waals surface area contributed by atoms with Gasteiger partial charge >= 0.3 is 6.18 Å². The Balaban J connectivity index is 1.37. The number of nitrogens with zero attached hydrogens (tertiary/aromatic N) is 5. The predicted octanol–water partition coefficient (Wildman–Crippen LogP) is 4.74. The first-order chi connectivity index (χ1) is 17.9. The van der Waals surface area contributed by atoms with Gasteiger partial charge in [0.25, 0.3) is 0 Å². The lowest BCUT2D eigenvalue weighted by Crippen LogP contribution is -2.41. The van der Waals surface area contributed by atoms with E-state index >= 15 is 0 Å². The highest BCUT2D eigenvalue weighted by molar-refractivity contribution is 7.91. The van der Waals surface area contributed by atoms with E-state index in [1.54, 1.807) is 28.9 Å². The number of benzene rings is 1. The molecule has 0 N–H and O–H groups in total. The van der Waals surface area contributed by atoms with Gasteiger partial charge in [-0.15, -0.1) is 0 Å². The van der Waals surface area contributed by atoms with Crippen molar-refractivity contribution in [1.29, 1.82) is 0 Å². The molecule has 0 unspecified atom stereocenters. The zero-order valence-electron chi connectivity index (χ0n) is 20.7. The lowest BCUT2D eigenvalue weighted by Gasteiger charge is -2.33. The van der Waals surface area contributed by atoms with Crippen LogP contribution in [0.4, 0.5) is 24.5 Å². The summed E-state index contributed by atoms with van der Waals surface area (Å²) in [6, 6.07) is 5.59. The molecule has 1 aromatic carbocycles. The molecule has 0 bridgehead atoms. The van der Waals surface area contributed by atoms with Crippen LogP contribution < -0.4 is 4.90 Å². The summed E-state index contributed by atoms with van der Waals surface area (Å²) in [6.45, 7) is 0.659. The third kappa shape index (κ3) is 5.33. The lowest BCUT2D eigenvalue weighted by atomic mass is 9.97. The van der Waals surface area contributed by atoms with Crippen LogP contribution in [0.25, 0.3) is 5.65 Å². The van der Waals surface area contributed by atoms with Crippen molar-refractivity contribution in [2.24, 2.45) is 5.92 Å². The number of alkyl halides is 3. The van der Waals surface area contributed by atoms with Crippen LogP contribution in [-0.2, 0) is 21.1 Å². The van der Waals surface area contributed by atoms with Crippen molar-refractivity contribution in [3.8, 4) is 0 Å². The molecule has 0 radical (unpaired) electrons. The van der Waals surface area contributed by atoms with Gasteiger partial charge in [-0.2, -0.15) is 18.3 Å². The number of aromatic nitrogens is 3. The fourth-order valence-corrected chi connectivity index (χ4v) is 7.11. The Kier molecular flexibility index (Phi) is 7.06. The highest BCUT2D eigenvalue weighted by atomic mass is 35.5. The van der Waals surface area contributed by atoms with E-state index in [9.17, 15) is 26.4 Å². The number of aryl methyl sites for hydroxylation is 1. The van der Waals surface area contributed by atoms with Gasteiger partial charge in [0.05, 0.1) is 29.1 Å². The summed E-state index contributed by atoms with van der Waals surface area (Å²) in [5.41, 5.74) is 3.01. The maximum absolute atomic E-state index is 14.2. The minimum atomic E-state index is -4.69. The molecule has 38 heavy (non-hydrogen) atoms. The molecule has 1 saturated heterocycles. The Morgan fingerprint density at radius 1 is 1.21 bits per heavy atom. The zero-order chi connectivity index (χ0) is 27.2. The molecule has 1 atom stereocenters. The van der Waals surface area contributed by atoms with Gasteiger partial charge in [-0.05, 0) is 49.3 Å². The Bertz CT molecular complexity index is 1450. The highest BCUT2D eigenvalue weighted by Crippen LogP contribution is 2.40. The second kappa shape index (κ2) is 10.0. The van der Waals surface area contributed by atoms with Crippen molar-refractivity contribution in [1.82, 2.24) is 19.5 Å². The molecule has 5 rings (SSSR count). The summed E-state index contributed by atoms with van der Waals surface area (Å²) in [4.78, 5) is 20.0. The number of halogens is 4. The molecule has 0 spiro atoms. The largest absolute Gasteiger partial charge is 0.413 e. The van der Waals surface area contributed by atoms with E-state index in [2.05, 4.69) is 10.1 Å². The Morgan fingerprint density at radius 2 is 1.89 bits per heavy atom. The number of sulfone groups is 1. The summed E-state index contributed by atoms with van der Waals surface area (Å²) in [7, 11) is -1.97. The fraction of sp³-hybridized carbons (Fsp3) is 0.480. The molecule has 204 valence electrons. The van der Waals surface area contributed by atoms with Gasteiger partial charge in [-0.25, -0.2) is 17.9 Å². The van der Waals surface area contributed by atoms with Gasteiger partial charge in [0.15, 0.2) is 16.8 Å². The second-order valence-corrected chi connectivity index (χ2v) is 12.6. The lowest BCUT2D eigenvalue weighted by molar-refractivity contribution is -0.189. The SMILES string of the molecule is CN(C(=O)CC1CCS(=O)(=O)CC1)[C@@H](c1ccc(N2CCCc3c2cnc2cc(Cl)nn32)cc1)C(F)(F)F. The standard InChI is InChI=1S/C25H27ClF3N5O3S/c1-32(23(35)13-16-8-11-38(36,37)12-9-16)24(25(27,28)29)17-4-6-18(7-5-17)33-10-2-3-19-20(33)15-30-22-14-21(26)31-34(19)22/h4-7,14-16,24H,2-3,8-13H2,1H3/t24-/m0/s1. The van der Waals surface area contributed by atoms with Crippen LogP contribution in [0.15, 0.2) is 36.5 Å². The van der Waals surface area contributed by atoms with Crippen LogP contribution in [0.3, 0.4) is 0 Å². The summed E-state index contributed by atoms with van der Waals surface area (Å²) in [5, 5.41) is 4.64. The topological polar surface area (TPSA) is 87.9 Å². The molecule has 2 aromatic heterocycles. The first-order valence-electron chi connectivity index (χ1n) is 12.4. The van der Waals surface area contributed by atoms with Crippen molar-refractivity contribution in [3.63, 3.8) is 0 Å². The van der Waals surface area contributed by atoms with Gasteiger partial charge in [0, 0.05) is 31.8 Å². The second-order valence-electron chi connectivity index (χ2n) is 9.92. The maximum atomic E-state index is 14.2. The summed E-state index contributed by atoms with van der Waals surface area (Å²) >= 11 is 6.05. The quantitative estimate of drug-likeness (QED) is 0.441. The maximum Gasteiger partial charge on any atom is 0.413 e. The van der Waals surface area contributed by atoms with E-state index in [4.69, 9.17) is 11.6 Å². The van der Waals surface area contributed by atoms with Crippen molar-refractivity contribution >= 4 is 44.4 Å². The molecule has 2 aliphatic heterocycles. The Labute approximate surface area is 223 Å². The normalized spacial score (nSPS) is 18.8. The van der Waals surface area contributed by atoms with Crippen LogP contribution in [0.2, 0.25) is 5.15 Å². The Hall–Kier alpha value is -2.86. The summed E-state index contributed by atoms with van der Waals surface area (Å²) in [5.74, 6) is -0.966. The third-order valence-electron chi connectivity index (χ3n) is 7.37. The number of amides is 1. The summed E-state index contributed by atoms with van der Waals surface area (Å²) in [6.07, 6.45) is -0.925. The minimum Gasteiger partial charge on any atom is -0.339 e. The smallest absolute Gasteiger partial charge is 0.339 e. The molecule has 3 aromatic rings. The minimum absolute atomic E-state index is 0.0348. The molecule has 8 nitrogen and oxygen atoms in total. The molecule has 1 amide bonds. The van der Waals surface area contributed by atoms with Crippen LogP contribution in [0.1, 0.15) is 43.0 Å². The summed E-state index contributed by atoms with van der Waals surface area (Å²) < 4.78 is 67.6. The van der Waals surface area contributed by atoms with Crippen molar-refractivity contribution in [2.75, 3.05) is 30.0 Å². The van der Waals surface area contributed by atoms with Crippen molar-refractivity contribution in [2.45, 2.75) is 44.3 Å².